The summed E-state index contributed by atoms with van der Waals surface area (Å²) < 4.78 is 5.97. The largest absolute Gasteiger partial charge is 0.376 e. The van der Waals surface area contributed by atoms with Crippen LogP contribution in [0.3, 0.4) is 0 Å². The first-order chi connectivity index (χ1) is 16.2. The van der Waals surface area contributed by atoms with Crippen molar-refractivity contribution < 1.29 is 9.53 Å². The van der Waals surface area contributed by atoms with Crippen LogP contribution >= 0.6 is 0 Å². The minimum absolute atomic E-state index is 0.146. The molecule has 2 N–H and O–H groups in total. The molecule has 1 amide bonds. The molecule has 33 heavy (non-hydrogen) atoms. The summed E-state index contributed by atoms with van der Waals surface area (Å²) in [6, 6.07) is 18.4. The standard InChI is InChI=1S/C27H36N4O2/c1-2-28-27(31-15-14-23(18-31)20-33-19-21-8-4-3-5-9-21)29-17-22-10-6-13-25(16-22)30-26(32)24-11-7-12-24/h3-6,8-10,13,16,23-24H,2,7,11-12,14-15,17-20H2,1H3,(H,28,29)(H,30,32). The lowest BCUT2D eigenvalue weighted by Gasteiger charge is -2.24. The van der Waals surface area contributed by atoms with Gasteiger partial charge in [-0.2, -0.15) is 0 Å². The second-order valence-corrected chi connectivity index (χ2v) is 9.09. The lowest BCUT2D eigenvalue weighted by Crippen LogP contribution is -2.40. The van der Waals surface area contributed by atoms with E-state index in [9.17, 15) is 4.79 Å². The van der Waals surface area contributed by atoms with Crippen molar-refractivity contribution in [3.05, 3.63) is 65.7 Å². The van der Waals surface area contributed by atoms with E-state index in [0.29, 0.717) is 19.1 Å². The Morgan fingerprint density at radius 3 is 2.67 bits per heavy atom. The van der Waals surface area contributed by atoms with Gasteiger partial charge >= 0.3 is 0 Å². The Balaban J connectivity index is 1.28. The fraction of sp³-hybridized carbons (Fsp3) is 0.481. The molecule has 0 bridgehead atoms. The normalized spacial score (nSPS) is 18.8. The lowest BCUT2D eigenvalue weighted by atomic mass is 9.85. The Morgan fingerprint density at radius 1 is 1.09 bits per heavy atom. The molecule has 1 heterocycles. The predicted octanol–water partition coefficient (Wildman–Crippen LogP) is 4.43. The summed E-state index contributed by atoms with van der Waals surface area (Å²) in [6.45, 7) is 6.90. The molecule has 0 spiro atoms. The van der Waals surface area contributed by atoms with E-state index >= 15 is 0 Å². The summed E-state index contributed by atoms with van der Waals surface area (Å²) in [6.07, 6.45) is 4.30. The van der Waals surface area contributed by atoms with E-state index in [4.69, 9.17) is 9.73 Å². The maximum atomic E-state index is 12.3. The Labute approximate surface area is 197 Å². The number of benzene rings is 2. The zero-order valence-corrected chi connectivity index (χ0v) is 19.6. The van der Waals surface area contributed by atoms with Crippen molar-refractivity contribution in [1.29, 1.82) is 0 Å². The van der Waals surface area contributed by atoms with Gasteiger partial charge in [-0.1, -0.05) is 48.9 Å². The quantitative estimate of drug-likeness (QED) is 0.440. The van der Waals surface area contributed by atoms with E-state index in [1.54, 1.807) is 0 Å². The van der Waals surface area contributed by atoms with Gasteiger partial charge in [0.2, 0.25) is 5.91 Å². The third kappa shape index (κ3) is 6.81. The average Bonchev–Trinajstić information content (AvgIpc) is 3.25. The highest BCUT2D eigenvalue weighted by Crippen LogP contribution is 2.27. The number of carbonyl (C=O) groups excluding carboxylic acids is 1. The maximum Gasteiger partial charge on any atom is 0.227 e. The number of likely N-dealkylation sites (tertiary alicyclic amines) is 1. The van der Waals surface area contributed by atoms with Gasteiger partial charge in [-0.25, -0.2) is 4.99 Å². The molecule has 1 saturated heterocycles. The topological polar surface area (TPSA) is 66.0 Å². The number of rotatable bonds is 9. The Hall–Kier alpha value is -2.86. The van der Waals surface area contributed by atoms with Crippen LogP contribution in [0.25, 0.3) is 0 Å². The molecular formula is C27H36N4O2. The van der Waals surface area contributed by atoms with Gasteiger partial charge in [0.05, 0.1) is 19.8 Å². The Kier molecular flexibility index (Phi) is 8.36. The van der Waals surface area contributed by atoms with Gasteiger partial charge in [-0.15, -0.1) is 0 Å². The number of guanidine groups is 1. The molecule has 4 rings (SSSR count). The van der Waals surface area contributed by atoms with Gasteiger partial charge in [0.1, 0.15) is 0 Å². The molecule has 2 aromatic rings. The average molecular weight is 449 g/mol. The third-order valence-corrected chi connectivity index (χ3v) is 6.47. The van der Waals surface area contributed by atoms with Crippen LogP contribution in [-0.2, 0) is 22.7 Å². The smallest absolute Gasteiger partial charge is 0.227 e. The molecule has 1 saturated carbocycles. The summed E-state index contributed by atoms with van der Waals surface area (Å²) in [5, 5.41) is 6.50. The molecule has 176 valence electrons. The first kappa shape index (κ1) is 23.3. The van der Waals surface area contributed by atoms with E-state index < -0.39 is 0 Å². The zero-order valence-electron chi connectivity index (χ0n) is 19.6. The molecule has 2 fully saturated rings. The van der Waals surface area contributed by atoms with Crippen LogP contribution in [0.4, 0.5) is 5.69 Å². The van der Waals surface area contributed by atoms with Crippen LogP contribution < -0.4 is 10.6 Å². The van der Waals surface area contributed by atoms with Crippen molar-refractivity contribution in [3.8, 4) is 0 Å². The van der Waals surface area contributed by atoms with Gasteiger partial charge in [-0.3, -0.25) is 4.79 Å². The van der Waals surface area contributed by atoms with Gasteiger partial charge in [-0.05, 0) is 49.4 Å². The molecule has 2 aliphatic rings. The second-order valence-electron chi connectivity index (χ2n) is 9.09. The van der Waals surface area contributed by atoms with E-state index in [1.807, 2.05) is 36.4 Å². The second kappa shape index (κ2) is 11.8. The minimum Gasteiger partial charge on any atom is -0.376 e. The Morgan fingerprint density at radius 2 is 1.91 bits per heavy atom. The number of carbonyl (C=O) groups is 1. The molecule has 0 aromatic heterocycles. The minimum atomic E-state index is 0.146. The summed E-state index contributed by atoms with van der Waals surface area (Å²) in [5.74, 6) is 1.80. The van der Waals surface area contributed by atoms with Crippen molar-refractivity contribution >= 4 is 17.6 Å². The van der Waals surface area contributed by atoms with Crippen LogP contribution in [-0.4, -0.2) is 43.0 Å². The predicted molar refractivity (Wildman–Crippen MR) is 133 cm³/mol. The highest BCUT2D eigenvalue weighted by Gasteiger charge is 2.26. The molecule has 1 unspecified atom stereocenters. The van der Waals surface area contributed by atoms with Crippen molar-refractivity contribution in [3.63, 3.8) is 0 Å². The van der Waals surface area contributed by atoms with E-state index in [-0.39, 0.29) is 11.8 Å². The first-order valence-corrected chi connectivity index (χ1v) is 12.3. The van der Waals surface area contributed by atoms with Crippen LogP contribution in [0.1, 0.15) is 43.7 Å². The highest BCUT2D eigenvalue weighted by atomic mass is 16.5. The van der Waals surface area contributed by atoms with Crippen molar-refractivity contribution in [2.24, 2.45) is 16.8 Å². The number of nitrogens with one attached hydrogen (secondary N) is 2. The van der Waals surface area contributed by atoms with Gasteiger partial charge < -0.3 is 20.3 Å². The fourth-order valence-electron chi connectivity index (χ4n) is 4.33. The zero-order chi connectivity index (χ0) is 22.9. The van der Waals surface area contributed by atoms with Crippen LogP contribution in [0.15, 0.2) is 59.6 Å². The molecule has 6 nitrogen and oxygen atoms in total. The van der Waals surface area contributed by atoms with Crippen molar-refractivity contribution in [2.45, 2.75) is 45.8 Å². The molecule has 0 radical (unpaired) electrons. The van der Waals surface area contributed by atoms with Crippen molar-refractivity contribution in [2.75, 3.05) is 31.6 Å². The third-order valence-electron chi connectivity index (χ3n) is 6.47. The van der Waals surface area contributed by atoms with Gasteiger partial charge in [0.15, 0.2) is 5.96 Å². The summed E-state index contributed by atoms with van der Waals surface area (Å²) in [4.78, 5) is 19.5. The number of aliphatic imine (C=N–C) groups is 1. The van der Waals surface area contributed by atoms with E-state index in [0.717, 1.165) is 69.1 Å². The summed E-state index contributed by atoms with van der Waals surface area (Å²) >= 11 is 0. The monoisotopic (exact) mass is 448 g/mol. The van der Waals surface area contributed by atoms with Crippen LogP contribution in [0.5, 0.6) is 0 Å². The molecule has 6 heteroatoms. The van der Waals surface area contributed by atoms with Crippen LogP contribution in [0, 0.1) is 11.8 Å². The molecular weight excluding hydrogens is 412 g/mol. The molecule has 2 aromatic carbocycles. The van der Waals surface area contributed by atoms with E-state index in [2.05, 4.69) is 40.7 Å². The van der Waals surface area contributed by atoms with Gasteiger partial charge in [0, 0.05) is 37.2 Å². The van der Waals surface area contributed by atoms with Crippen LogP contribution in [0.2, 0.25) is 0 Å². The fourth-order valence-corrected chi connectivity index (χ4v) is 4.33. The first-order valence-electron chi connectivity index (χ1n) is 12.3. The maximum absolute atomic E-state index is 12.3. The highest BCUT2D eigenvalue weighted by molar-refractivity contribution is 5.93. The Bertz CT molecular complexity index is 927. The number of ether oxygens (including phenoxy) is 1. The SMILES string of the molecule is CCNC(=NCc1cccc(NC(=O)C2CCC2)c1)N1CCC(COCc2ccccc2)C1. The molecule has 1 aliphatic carbocycles. The lowest BCUT2D eigenvalue weighted by molar-refractivity contribution is -0.122. The number of amides is 1. The van der Waals surface area contributed by atoms with Crippen molar-refractivity contribution in [1.82, 2.24) is 10.2 Å². The van der Waals surface area contributed by atoms with Gasteiger partial charge in [0.25, 0.3) is 0 Å². The summed E-state index contributed by atoms with van der Waals surface area (Å²) in [7, 11) is 0. The number of nitrogens with zero attached hydrogens (tertiary/aromatic N) is 2. The molecule has 1 aliphatic heterocycles. The number of anilines is 1. The number of hydrogen-bond donors (Lipinski definition) is 2. The molecule has 1 atom stereocenters. The summed E-state index contributed by atoms with van der Waals surface area (Å²) in [5.41, 5.74) is 3.17. The number of hydrogen-bond acceptors (Lipinski definition) is 3. The van der Waals surface area contributed by atoms with E-state index in [1.165, 1.54) is 5.56 Å².